The summed E-state index contributed by atoms with van der Waals surface area (Å²) < 4.78 is 0. The van der Waals surface area contributed by atoms with Gasteiger partial charge < -0.3 is 59.4 Å². The number of carbonyl (C=O) groups is 6. The van der Waals surface area contributed by atoms with E-state index in [1.165, 1.54) is 109 Å². The quantitative estimate of drug-likeness (QED) is 0.190. The van der Waals surface area contributed by atoms with Gasteiger partial charge in [0.15, 0.2) is 0 Å². The summed E-state index contributed by atoms with van der Waals surface area (Å²) in [4.78, 5) is 63.6. The van der Waals surface area contributed by atoms with Crippen LogP contribution in [-0.4, -0.2) is 35.8 Å². The maximum atomic E-state index is 10.6. The van der Waals surface area contributed by atoms with E-state index in [1.54, 1.807) is 0 Å². The molecule has 6 aromatic rings. The number of fused-ring (bicyclic) bond motifs is 3. The summed E-state index contributed by atoms with van der Waals surface area (Å²) in [5, 5.41) is 67.5. The molecule has 2 radical (unpaired) electrons. The number of carboxylic acid groups (broad SMARTS) is 6. The molecular weight excluding hydrogens is 905 g/mol. The zero-order chi connectivity index (χ0) is 35.1. The first-order chi connectivity index (χ1) is 22.7. The molecule has 0 fully saturated rings. The van der Waals surface area contributed by atoms with E-state index < -0.39 is 35.8 Å². The van der Waals surface area contributed by atoms with Gasteiger partial charge in [-0.05, 0) is 102 Å². The summed E-state index contributed by atoms with van der Waals surface area (Å²) in [6, 6.07) is 26.0. The molecule has 0 spiro atoms. The summed E-state index contributed by atoms with van der Waals surface area (Å²) >= 11 is 0. The molecule has 0 saturated heterocycles. The normalized spacial score (nSPS) is 9.84. The van der Waals surface area contributed by atoms with Gasteiger partial charge in [-0.15, -0.1) is 0 Å². The van der Waals surface area contributed by atoms with Gasteiger partial charge >= 0.3 is 83.5 Å². The zero-order valence-corrected chi connectivity index (χ0v) is 31.6. The largest absolute Gasteiger partial charge is 3.00 e. The Bertz CT molecular complexity index is 1870. The fourth-order valence-electron chi connectivity index (χ4n) is 4.50. The predicted molar refractivity (Wildman–Crippen MR) is 158 cm³/mol. The van der Waals surface area contributed by atoms with Crippen molar-refractivity contribution in [3.05, 3.63) is 143 Å². The van der Waals surface area contributed by atoms with E-state index in [-0.39, 0.29) is 117 Å². The van der Waals surface area contributed by atoms with Crippen molar-refractivity contribution in [1.82, 2.24) is 0 Å². The molecule has 0 saturated carbocycles. The van der Waals surface area contributed by atoms with E-state index in [0.29, 0.717) is 32.3 Å². The Kier molecular flexibility index (Phi) is 15.6. The molecule has 242 valence electrons. The van der Waals surface area contributed by atoms with E-state index in [2.05, 4.69) is 0 Å². The van der Waals surface area contributed by atoms with Crippen molar-refractivity contribution in [2.75, 3.05) is 0 Å². The van der Waals surface area contributed by atoms with Gasteiger partial charge in [-0.2, -0.15) is 0 Å². The van der Waals surface area contributed by atoms with Crippen molar-refractivity contribution in [3.63, 3.8) is 0 Å². The Labute approximate surface area is 349 Å². The number of carbonyl (C=O) groups excluding carboxylic acids is 6. The minimum absolute atomic E-state index is 0. The number of rotatable bonds is 6. The van der Waals surface area contributed by atoms with Gasteiger partial charge in [-0.3, -0.25) is 0 Å². The summed E-state index contributed by atoms with van der Waals surface area (Å²) in [6.07, 6.45) is 0. The van der Waals surface area contributed by atoms with Crippen molar-refractivity contribution >= 4 is 68.1 Å². The third-order valence-corrected chi connectivity index (χ3v) is 6.93. The van der Waals surface area contributed by atoms with Crippen LogP contribution in [0.25, 0.3) is 32.3 Å². The first-order valence-electron chi connectivity index (χ1n) is 13.6. The maximum absolute atomic E-state index is 10.6. The van der Waals surface area contributed by atoms with E-state index in [9.17, 15) is 59.4 Å². The average molecular weight is 923 g/mol. The van der Waals surface area contributed by atoms with Crippen molar-refractivity contribution < 1.29 is 143 Å². The van der Waals surface area contributed by atoms with Crippen molar-refractivity contribution in [1.29, 1.82) is 0 Å². The summed E-state index contributed by atoms with van der Waals surface area (Å²) in [5.41, 5.74) is 0.382. The van der Waals surface area contributed by atoms with E-state index in [4.69, 9.17) is 0 Å². The van der Waals surface area contributed by atoms with Crippen molar-refractivity contribution in [2.45, 2.75) is 0 Å². The second-order valence-electron chi connectivity index (χ2n) is 10.1. The van der Waals surface area contributed by atoms with Gasteiger partial charge in [0.1, 0.15) is 0 Å². The van der Waals surface area contributed by atoms with Gasteiger partial charge in [-0.25, -0.2) is 0 Å². The Morgan fingerprint density at radius 2 is 0.380 bits per heavy atom. The Morgan fingerprint density at radius 3 is 0.480 bits per heavy atom. The third kappa shape index (κ3) is 10.8. The minimum Gasteiger partial charge on any atom is -0.545 e. The van der Waals surface area contributed by atoms with Crippen LogP contribution in [0.2, 0.25) is 0 Å². The molecule has 12 nitrogen and oxygen atoms in total. The number of benzene rings is 6. The maximum Gasteiger partial charge on any atom is 3.00 e. The fourth-order valence-corrected chi connectivity index (χ4v) is 4.50. The van der Waals surface area contributed by atoms with Gasteiger partial charge in [0, 0.05) is 0 Å². The van der Waals surface area contributed by atoms with Gasteiger partial charge in [-0.1, -0.05) is 72.8 Å². The van der Waals surface area contributed by atoms with Gasteiger partial charge in [0.25, 0.3) is 0 Å². The Balaban J connectivity index is 0.000000255. The van der Waals surface area contributed by atoms with Crippen LogP contribution in [0, 0.1) is 83.5 Å². The molecule has 0 bridgehead atoms. The molecular formula is C36H18Ce2O12. The van der Waals surface area contributed by atoms with Crippen LogP contribution >= 0.6 is 0 Å². The Hall–Kier alpha value is -4.33. The SMILES string of the molecule is O=C([O-])c1ccc2cc(C(=O)[O-])ccc2c1.O=C([O-])c1ccc2cc(C(=O)[O-])ccc2c1.O=C([O-])c1ccc2cc(C(=O)[O-])ccc2c1.[Ce+3].[Ce+3]. The summed E-state index contributed by atoms with van der Waals surface area (Å²) in [7, 11) is 0. The number of aromatic carboxylic acids is 6. The topological polar surface area (TPSA) is 241 Å². The first kappa shape index (κ1) is 41.8. The number of hydrogen-bond acceptors (Lipinski definition) is 12. The van der Waals surface area contributed by atoms with Crippen molar-refractivity contribution in [2.24, 2.45) is 0 Å². The molecule has 6 rings (SSSR count). The smallest absolute Gasteiger partial charge is 0.545 e. The van der Waals surface area contributed by atoms with Crippen LogP contribution in [0.5, 0.6) is 0 Å². The molecule has 14 heteroatoms. The second-order valence-corrected chi connectivity index (χ2v) is 10.1. The van der Waals surface area contributed by atoms with Crippen LogP contribution in [0.3, 0.4) is 0 Å². The molecule has 0 aliphatic heterocycles. The third-order valence-electron chi connectivity index (χ3n) is 6.93. The van der Waals surface area contributed by atoms with E-state index >= 15 is 0 Å². The summed E-state index contributed by atoms with van der Waals surface area (Å²) in [5.74, 6) is -7.55. The minimum atomic E-state index is -1.26. The van der Waals surface area contributed by atoms with E-state index in [1.807, 2.05) is 0 Å². The van der Waals surface area contributed by atoms with Crippen molar-refractivity contribution in [3.8, 4) is 0 Å². The summed E-state index contributed by atoms with van der Waals surface area (Å²) in [6.45, 7) is 0. The number of hydrogen-bond donors (Lipinski definition) is 0. The molecule has 50 heavy (non-hydrogen) atoms. The van der Waals surface area contributed by atoms with Gasteiger partial charge in [0.05, 0.1) is 35.8 Å². The fraction of sp³-hybridized carbons (Fsp3) is 0. The molecule has 0 heterocycles. The molecule has 0 aromatic heterocycles. The number of carboxylic acids is 6. The monoisotopic (exact) mass is 922 g/mol. The van der Waals surface area contributed by atoms with Crippen LogP contribution in [-0.2, 0) is 0 Å². The molecule has 0 unspecified atom stereocenters. The Morgan fingerprint density at radius 1 is 0.260 bits per heavy atom. The van der Waals surface area contributed by atoms with Crippen LogP contribution in [0.4, 0.5) is 0 Å². The van der Waals surface area contributed by atoms with Crippen LogP contribution in [0.1, 0.15) is 62.1 Å². The second kappa shape index (κ2) is 18.6. The van der Waals surface area contributed by atoms with E-state index in [0.717, 1.165) is 0 Å². The average Bonchev–Trinajstić information content (AvgIpc) is 3.07. The zero-order valence-electron chi connectivity index (χ0n) is 25.3. The molecule has 0 aliphatic rings. The molecule has 0 N–H and O–H groups in total. The molecule has 0 amide bonds. The van der Waals surface area contributed by atoms with Crippen LogP contribution < -0.4 is 30.6 Å². The first-order valence-corrected chi connectivity index (χ1v) is 13.6. The molecule has 6 aromatic carbocycles. The standard InChI is InChI=1S/3C12H8O4.2Ce/c3*13-11(14)9-3-1-7-5-10(12(15)16)4-2-8(7)6-9;;/h3*1-6H,(H,13,14)(H,15,16);;/q;;;2*+3/p-6. The molecule has 0 aliphatic carbocycles. The molecule has 0 atom stereocenters. The van der Waals surface area contributed by atoms with Crippen LogP contribution in [0.15, 0.2) is 109 Å². The predicted octanol–water partition coefficient (Wildman–Crippen LogP) is -1.30. The van der Waals surface area contributed by atoms with Gasteiger partial charge in [0.2, 0.25) is 0 Å².